The molecule has 2 heterocycles. The van der Waals surface area contributed by atoms with Crippen LogP contribution < -0.4 is 4.90 Å². The fraction of sp³-hybridized carbons (Fsp3) is 0.619. The van der Waals surface area contributed by atoms with Gasteiger partial charge in [0.1, 0.15) is 11.1 Å². The second kappa shape index (κ2) is 7.79. The number of nitrogens with zero attached hydrogens (tertiary/aromatic N) is 3. The van der Waals surface area contributed by atoms with E-state index in [0.717, 1.165) is 37.0 Å². The lowest BCUT2D eigenvalue weighted by Crippen LogP contribution is -2.47. The Bertz CT molecular complexity index is 745. The van der Waals surface area contributed by atoms with Crippen LogP contribution in [0.1, 0.15) is 47.5 Å². The van der Waals surface area contributed by atoms with Crippen molar-refractivity contribution in [3.63, 3.8) is 0 Å². The van der Waals surface area contributed by atoms with Crippen molar-refractivity contribution >= 4 is 23.2 Å². The summed E-state index contributed by atoms with van der Waals surface area (Å²) in [6, 6.07) is 8.60. The summed E-state index contributed by atoms with van der Waals surface area (Å²) in [5.41, 5.74) is 1.21. The van der Waals surface area contributed by atoms with Gasteiger partial charge in [-0.15, -0.1) is 0 Å². The Kier molecular flexibility index (Phi) is 5.63. The molecule has 6 nitrogen and oxygen atoms in total. The highest BCUT2D eigenvalue weighted by Crippen LogP contribution is 2.27. The molecule has 2 aromatic rings. The molecule has 148 valence electrons. The molecule has 0 saturated carbocycles. The van der Waals surface area contributed by atoms with Gasteiger partial charge in [-0.3, -0.25) is 0 Å². The molecule has 0 N–H and O–H groups in total. The number of hydrogen-bond acceptors (Lipinski definition) is 5. The summed E-state index contributed by atoms with van der Waals surface area (Å²) < 4.78 is 11.5. The Morgan fingerprint density at radius 3 is 2.78 bits per heavy atom. The summed E-state index contributed by atoms with van der Waals surface area (Å²) in [6.07, 6.45) is 1.91. The highest BCUT2D eigenvalue weighted by Gasteiger charge is 2.30. The van der Waals surface area contributed by atoms with Crippen molar-refractivity contribution in [2.24, 2.45) is 5.92 Å². The molecule has 1 atom stereocenters. The van der Waals surface area contributed by atoms with Gasteiger partial charge in [-0.05, 0) is 65.5 Å². The zero-order valence-electron chi connectivity index (χ0n) is 17.1. The van der Waals surface area contributed by atoms with Crippen molar-refractivity contribution in [3.05, 3.63) is 24.3 Å². The Hall–Kier alpha value is -2.24. The molecule has 1 aliphatic rings. The molecule has 1 saturated heterocycles. The Morgan fingerprint density at radius 1 is 1.37 bits per heavy atom. The van der Waals surface area contributed by atoms with E-state index in [9.17, 15) is 4.79 Å². The first kappa shape index (κ1) is 19.5. The summed E-state index contributed by atoms with van der Waals surface area (Å²) >= 11 is 0. The Labute approximate surface area is 161 Å². The summed E-state index contributed by atoms with van der Waals surface area (Å²) in [7, 11) is 0. The molecule has 0 bridgehead atoms. The van der Waals surface area contributed by atoms with E-state index in [-0.39, 0.29) is 12.1 Å². The lowest BCUT2D eigenvalue weighted by Gasteiger charge is -2.37. The fourth-order valence-electron chi connectivity index (χ4n) is 3.48. The van der Waals surface area contributed by atoms with Gasteiger partial charge in [0.05, 0.1) is 0 Å². The molecule has 1 aromatic carbocycles. The van der Waals surface area contributed by atoms with Crippen LogP contribution in [0.5, 0.6) is 0 Å². The van der Waals surface area contributed by atoms with E-state index in [1.165, 1.54) is 0 Å². The third kappa shape index (κ3) is 4.93. The first-order chi connectivity index (χ1) is 12.7. The number of fused-ring (bicyclic) bond motifs is 1. The van der Waals surface area contributed by atoms with Crippen molar-refractivity contribution < 1.29 is 13.9 Å². The molecule has 0 radical (unpaired) electrons. The average molecular weight is 373 g/mol. The molecule has 3 rings (SSSR count). The number of oxazole rings is 1. The van der Waals surface area contributed by atoms with Crippen LogP contribution in [0.4, 0.5) is 10.8 Å². The molecule has 1 amide bonds. The predicted octanol–water partition coefficient (Wildman–Crippen LogP) is 4.69. The summed E-state index contributed by atoms with van der Waals surface area (Å²) in [5, 5.41) is 0. The maximum Gasteiger partial charge on any atom is 0.410 e. The topological polar surface area (TPSA) is 58.8 Å². The van der Waals surface area contributed by atoms with Gasteiger partial charge in [0.25, 0.3) is 6.01 Å². The summed E-state index contributed by atoms with van der Waals surface area (Å²) in [4.78, 5) is 21.3. The van der Waals surface area contributed by atoms with Gasteiger partial charge < -0.3 is 19.0 Å². The third-order valence-corrected chi connectivity index (χ3v) is 4.78. The normalized spacial score (nSPS) is 18.1. The van der Waals surface area contributed by atoms with Gasteiger partial charge in [0.2, 0.25) is 0 Å². The number of amides is 1. The minimum Gasteiger partial charge on any atom is -0.444 e. The number of piperidine rings is 1. The molecule has 1 aliphatic heterocycles. The van der Waals surface area contributed by atoms with Crippen molar-refractivity contribution in [2.45, 2.75) is 59.1 Å². The maximum atomic E-state index is 12.6. The SMILES string of the molecule is CC(C)N(CC1CCCN(c2nc3ccccc3o2)C1)C(=O)OC(C)(C)C. The van der Waals surface area contributed by atoms with E-state index < -0.39 is 5.60 Å². The smallest absolute Gasteiger partial charge is 0.410 e. The number of aromatic nitrogens is 1. The van der Waals surface area contributed by atoms with Crippen LogP contribution in [0.25, 0.3) is 11.1 Å². The van der Waals surface area contributed by atoms with Crippen LogP contribution >= 0.6 is 0 Å². The van der Waals surface area contributed by atoms with Crippen LogP contribution in [0, 0.1) is 5.92 Å². The first-order valence-electron chi connectivity index (χ1n) is 9.83. The van der Waals surface area contributed by atoms with E-state index in [0.29, 0.717) is 18.5 Å². The Morgan fingerprint density at radius 2 is 2.11 bits per heavy atom. The molecule has 27 heavy (non-hydrogen) atoms. The van der Waals surface area contributed by atoms with Crippen molar-refractivity contribution in [2.75, 3.05) is 24.5 Å². The fourth-order valence-corrected chi connectivity index (χ4v) is 3.48. The van der Waals surface area contributed by atoms with Gasteiger partial charge in [0.15, 0.2) is 5.58 Å². The molecule has 6 heteroatoms. The average Bonchev–Trinajstić information content (AvgIpc) is 3.02. The second-order valence-corrected chi connectivity index (χ2v) is 8.64. The number of rotatable bonds is 4. The number of carbonyl (C=O) groups excluding carboxylic acids is 1. The highest BCUT2D eigenvalue weighted by molar-refractivity contribution is 5.74. The van der Waals surface area contributed by atoms with Crippen LogP contribution in [0.3, 0.4) is 0 Å². The van der Waals surface area contributed by atoms with Crippen LogP contribution in [0.2, 0.25) is 0 Å². The van der Waals surface area contributed by atoms with Gasteiger partial charge in [-0.25, -0.2) is 4.79 Å². The molecular formula is C21H31N3O3. The molecule has 1 unspecified atom stereocenters. The largest absolute Gasteiger partial charge is 0.444 e. The minimum absolute atomic E-state index is 0.0968. The Balaban J connectivity index is 1.68. The van der Waals surface area contributed by atoms with Crippen molar-refractivity contribution in [1.82, 2.24) is 9.88 Å². The zero-order chi connectivity index (χ0) is 19.6. The van der Waals surface area contributed by atoms with E-state index in [1.54, 1.807) is 0 Å². The lowest BCUT2D eigenvalue weighted by atomic mass is 9.97. The summed E-state index contributed by atoms with van der Waals surface area (Å²) in [6.45, 7) is 12.2. The van der Waals surface area contributed by atoms with Gasteiger partial charge in [-0.2, -0.15) is 4.98 Å². The van der Waals surface area contributed by atoms with Gasteiger partial charge in [0, 0.05) is 25.7 Å². The molecule has 1 aromatic heterocycles. The third-order valence-electron chi connectivity index (χ3n) is 4.78. The second-order valence-electron chi connectivity index (χ2n) is 8.64. The quantitative estimate of drug-likeness (QED) is 0.778. The van der Waals surface area contributed by atoms with Crippen LogP contribution in [0.15, 0.2) is 28.7 Å². The molecular weight excluding hydrogens is 342 g/mol. The van der Waals surface area contributed by atoms with E-state index >= 15 is 0 Å². The zero-order valence-corrected chi connectivity index (χ0v) is 17.1. The molecule has 0 aliphatic carbocycles. The summed E-state index contributed by atoms with van der Waals surface area (Å²) in [5.74, 6) is 0.365. The number of carbonyl (C=O) groups is 1. The van der Waals surface area contributed by atoms with Crippen molar-refractivity contribution in [1.29, 1.82) is 0 Å². The number of para-hydroxylation sites is 2. The van der Waals surface area contributed by atoms with Crippen LogP contribution in [-0.4, -0.2) is 47.3 Å². The van der Waals surface area contributed by atoms with E-state index in [4.69, 9.17) is 9.15 Å². The number of benzene rings is 1. The monoisotopic (exact) mass is 373 g/mol. The molecule has 1 fully saturated rings. The maximum absolute atomic E-state index is 12.6. The highest BCUT2D eigenvalue weighted by atomic mass is 16.6. The standard InChI is InChI=1S/C21H31N3O3/c1-15(2)24(20(25)27-21(3,4)5)14-16-9-8-12-23(13-16)19-22-17-10-6-7-11-18(17)26-19/h6-7,10-11,15-16H,8-9,12-14H2,1-5H3. The van der Waals surface area contributed by atoms with Crippen molar-refractivity contribution in [3.8, 4) is 0 Å². The number of ether oxygens (including phenoxy) is 1. The van der Waals surface area contributed by atoms with Crippen LogP contribution in [-0.2, 0) is 4.74 Å². The van der Waals surface area contributed by atoms with Gasteiger partial charge >= 0.3 is 6.09 Å². The first-order valence-corrected chi connectivity index (χ1v) is 9.83. The minimum atomic E-state index is -0.485. The lowest BCUT2D eigenvalue weighted by molar-refractivity contribution is 0.0151. The predicted molar refractivity (Wildman–Crippen MR) is 107 cm³/mol. The molecule has 0 spiro atoms. The number of hydrogen-bond donors (Lipinski definition) is 0. The van der Waals surface area contributed by atoms with Gasteiger partial charge in [-0.1, -0.05) is 12.1 Å². The van der Waals surface area contributed by atoms with E-state index in [1.807, 2.05) is 63.8 Å². The van der Waals surface area contributed by atoms with E-state index in [2.05, 4.69) is 9.88 Å². The number of anilines is 1.